The maximum Gasteiger partial charge on any atom is 0.321 e. The van der Waals surface area contributed by atoms with Crippen molar-refractivity contribution in [3.63, 3.8) is 0 Å². The number of fused-ring (bicyclic) bond motifs is 1. The van der Waals surface area contributed by atoms with Crippen LogP contribution in [0.1, 0.15) is 28.3 Å². The molecule has 0 bridgehead atoms. The van der Waals surface area contributed by atoms with Gasteiger partial charge in [-0.15, -0.1) is 0 Å². The first-order chi connectivity index (χ1) is 17.1. The topological polar surface area (TPSA) is 88.7 Å². The number of nitrogens with zero attached hydrogens (tertiary/aromatic N) is 3. The monoisotopic (exact) mass is 469 g/mol. The van der Waals surface area contributed by atoms with Gasteiger partial charge in [-0.2, -0.15) is 0 Å². The Balaban J connectivity index is 1.25. The highest BCUT2D eigenvalue weighted by Gasteiger charge is 2.31. The summed E-state index contributed by atoms with van der Waals surface area (Å²) in [5, 5.41) is 9.79. The highest BCUT2D eigenvalue weighted by Crippen LogP contribution is 2.29. The summed E-state index contributed by atoms with van der Waals surface area (Å²) in [5.41, 5.74) is 4.81. The number of rotatable bonds is 8. The van der Waals surface area contributed by atoms with Crippen molar-refractivity contribution in [3.05, 3.63) is 101 Å². The van der Waals surface area contributed by atoms with Gasteiger partial charge in [-0.25, -0.2) is 4.98 Å². The highest BCUT2D eigenvalue weighted by atomic mass is 16.5. The van der Waals surface area contributed by atoms with Crippen molar-refractivity contribution in [2.75, 3.05) is 6.61 Å². The van der Waals surface area contributed by atoms with Crippen LogP contribution in [0.25, 0.3) is 11.5 Å². The molecule has 0 spiro atoms. The Morgan fingerprint density at radius 2 is 1.94 bits per heavy atom. The first-order valence-electron chi connectivity index (χ1n) is 11.7. The third-order valence-electron chi connectivity index (χ3n) is 6.30. The smallest absolute Gasteiger partial charge is 0.321 e. The normalized spacial score (nSPS) is 15.5. The van der Waals surface area contributed by atoms with Crippen LogP contribution < -0.4 is 4.74 Å². The van der Waals surface area contributed by atoms with Gasteiger partial charge >= 0.3 is 5.97 Å². The SMILES string of the molecule is Cc1oc(-c2ccccc2)nc1CCOc1ccc2c(c1)CN(Cc1ccccn1)[C@H](C(=O)O)C2. The first-order valence-corrected chi connectivity index (χ1v) is 11.7. The van der Waals surface area contributed by atoms with Crippen LogP contribution >= 0.6 is 0 Å². The number of pyridine rings is 1. The summed E-state index contributed by atoms with van der Waals surface area (Å²) in [5.74, 6) is 1.36. The molecule has 0 unspecified atom stereocenters. The lowest BCUT2D eigenvalue weighted by Crippen LogP contribution is -2.45. The van der Waals surface area contributed by atoms with Gasteiger partial charge in [0.15, 0.2) is 0 Å². The Morgan fingerprint density at radius 3 is 2.71 bits per heavy atom. The fraction of sp³-hybridized carbons (Fsp3) is 0.250. The van der Waals surface area contributed by atoms with Gasteiger partial charge in [0.05, 0.1) is 18.0 Å². The first kappa shape index (κ1) is 22.8. The number of aliphatic carboxylic acids is 1. The lowest BCUT2D eigenvalue weighted by atomic mass is 9.93. The maximum atomic E-state index is 11.9. The second-order valence-corrected chi connectivity index (χ2v) is 8.70. The van der Waals surface area contributed by atoms with Crippen molar-refractivity contribution in [3.8, 4) is 17.2 Å². The van der Waals surface area contributed by atoms with Crippen molar-refractivity contribution >= 4 is 5.97 Å². The van der Waals surface area contributed by atoms with Crippen molar-refractivity contribution in [2.24, 2.45) is 0 Å². The van der Waals surface area contributed by atoms with Crippen LogP contribution in [-0.2, 0) is 30.7 Å². The van der Waals surface area contributed by atoms with E-state index < -0.39 is 12.0 Å². The van der Waals surface area contributed by atoms with Crippen molar-refractivity contribution < 1.29 is 19.1 Å². The van der Waals surface area contributed by atoms with Gasteiger partial charge in [0.2, 0.25) is 5.89 Å². The van der Waals surface area contributed by atoms with Crippen LogP contribution in [0.2, 0.25) is 0 Å². The molecule has 1 N–H and O–H groups in total. The zero-order valence-electron chi connectivity index (χ0n) is 19.6. The molecule has 1 aliphatic rings. The van der Waals surface area contributed by atoms with Gasteiger partial charge in [-0.1, -0.05) is 30.3 Å². The zero-order chi connectivity index (χ0) is 24.2. The largest absolute Gasteiger partial charge is 0.493 e. The Kier molecular flexibility index (Phi) is 6.59. The quantitative estimate of drug-likeness (QED) is 0.401. The van der Waals surface area contributed by atoms with Gasteiger partial charge in [0.1, 0.15) is 17.6 Å². The molecule has 0 fully saturated rings. The van der Waals surface area contributed by atoms with E-state index in [-0.39, 0.29) is 0 Å². The van der Waals surface area contributed by atoms with E-state index in [2.05, 4.69) is 9.97 Å². The minimum absolute atomic E-state index is 0.457. The van der Waals surface area contributed by atoms with E-state index in [1.54, 1.807) is 6.20 Å². The average Bonchev–Trinajstić information content (AvgIpc) is 3.25. The number of hydrogen-bond donors (Lipinski definition) is 1. The molecule has 2 aromatic carbocycles. The molecule has 3 heterocycles. The van der Waals surface area contributed by atoms with Crippen LogP contribution in [0, 0.1) is 6.92 Å². The number of carboxylic acids is 1. The van der Waals surface area contributed by atoms with Crippen molar-refractivity contribution in [1.82, 2.24) is 14.9 Å². The summed E-state index contributed by atoms with van der Waals surface area (Å²) in [4.78, 5) is 22.9. The summed E-state index contributed by atoms with van der Waals surface area (Å²) in [6, 6.07) is 20.9. The van der Waals surface area contributed by atoms with E-state index in [4.69, 9.17) is 9.15 Å². The molecule has 35 heavy (non-hydrogen) atoms. The third-order valence-corrected chi connectivity index (χ3v) is 6.30. The van der Waals surface area contributed by atoms with Gasteiger partial charge in [0.25, 0.3) is 0 Å². The van der Waals surface area contributed by atoms with Crippen LogP contribution in [0.5, 0.6) is 5.75 Å². The van der Waals surface area contributed by atoms with Crippen LogP contribution in [0.3, 0.4) is 0 Å². The Hall–Kier alpha value is -3.97. The molecule has 4 aromatic rings. The van der Waals surface area contributed by atoms with E-state index in [1.807, 2.05) is 78.6 Å². The van der Waals surface area contributed by atoms with Crippen molar-refractivity contribution in [1.29, 1.82) is 0 Å². The van der Waals surface area contributed by atoms with E-state index >= 15 is 0 Å². The summed E-state index contributed by atoms with van der Waals surface area (Å²) in [6.45, 7) is 3.40. The zero-order valence-corrected chi connectivity index (χ0v) is 19.6. The predicted octanol–water partition coefficient (Wildman–Crippen LogP) is 4.68. The fourth-order valence-electron chi connectivity index (χ4n) is 4.44. The summed E-state index contributed by atoms with van der Waals surface area (Å²) < 4.78 is 11.9. The molecule has 1 aliphatic heterocycles. The molecule has 0 saturated heterocycles. The molecular formula is C28H27N3O4. The number of carbonyl (C=O) groups is 1. The van der Waals surface area contributed by atoms with Crippen LogP contribution in [-0.4, -0.2) is 38.6 Å². The molecule has 0 aliphatic carbocycles. The molecule has 1 atom stereocenters. The number of hydrogen-bond acceptors (Lipinski definition) is 6. The molecule has 0 saturated carbocycles. The number of oxazole rings is 1. The third kappa shape index (κ3) is 5.25. The summed E-state index contributed by atoms with van der Waals surface area (Å²) in [6.07, 6.45) is 2.82. The molecule has 0 radical (unpaired) electrons. The van der Waals surface area contributed by atoms with Crippen LogP contribution in [0.4, 0.5) is 0 Å². The maximum absolute atomic E-state index is 11.9. The summed E-state index contributed by atoms with van der Waals surface area (Å²) in [7, 11) is 0. The molecular weight excluding hydrogens is 442 g/mol. The minimum atomic E-state index is -0.815. The minimum Gasteiger partial charge on any atom is -0.493 e. The Morgan fingerprint density at radius 1 is 1.11 bits per heavy atom. The molecule has 7 heteroatoms. The second kappa shape index (κ2) is 10.1. The van der Waals surface area contributed by atoms with Crippen molar-refractivity contribution in [2.45, 2.75) is 38.9 Å². The number of ether oxygens (including phenoxy) is 1. The Bertz CT molecular complexity index is 1300. The average molecular weight is 470 g/mol. The number of benzene rings is 2. The second-order valence-electron chi connectivity index (χ2n) is 8.70. The van der Waals surface area contributed by atoms with Gasteiger partial charge in [0, 0.05) is 31.3 Å². The number of aryl methyl sites for hydroxylation is 1. The van der Waals surface area contributed by atoms with E-state index in [0.717, 1.165) is 39.6 Å². The fourth-order valence-corrected chi connectivity index (χ4v) is 4.44. The molecule has 7 nitrogen and oxygen atoms in total. The lowest BCUT2D eigenvalue weighted by Gasteiger charge is -2.34. The van der Waals surface area contributed by atoms with E-state index in [9.17, 15) is 9.90 Å². The van der Waals surface area contributed by atoms with Gasteiger partial charge in [-0.3, -0.25) is 14.7 Å². The lowest BCUT2D eigenvalue weighted by molar-refractivity contribution is -0.144. The molecule has 178 valence electrons. The predicted molar refractivity (Wildman–Crippen MR) is 131 cm³/mol. The summed E-state index contributed by atoms with van der Waals surface area (Å²) >= 11 is 0. The standard InChI is InChI=1S/C28H27N3O4/c1-19-25(30-27(35-19)20-7-3-2-4-8-20)12-14-34-24-11-10-21-16-26(28(32)33)31(17-22(21)15-24)18-23-9-5-6-13-29-23/h2-11,13,15,26H,12,14,16-18H2,1H3,(H,32,33)/t26-/m0/s1. The molecule has 5 rings (SSSR count). The Labute approximate surface area is 204 Å². The van der Waals surface area contributed by atoms with Gasteiger partial charge < -0.3 is 14.3 Å². The van der Waals surface area contributed by atoms with Crippen LogP contribution in [0.15, 0.2) is 77.3 Å². The van der Waals surface area contributed by atoms with E-state index in [0.29, 0.717) is 38.4 Å². The number of carboxylic acid groups (broad SMARTS) is 1. The van der Waals surface area contributed by atoms with Gasteiger partial charge in [-0.05, 0) is 60.9 Å². The molecule has 2 aromatic heterocycles. The molecule has 0 amide bonds. The van der Waals surface area contributed by atoms with E-state index in [1.165, 1.54) is 0 Å². The number of aromatic nitrogens is 2. The highest BCUT2D eigenvalue weighted by molar-refractivity contribution is 5.74.